The molecule has 0 spiro atoms. The number of phosphoric acid groups is 2. The maximum absolute atomic E-state index is 13.0. The number of aliphatic hydroxyl groups is 2. The first-order chi connectivity index (χ1) is 55.2. The van der Waals surface area contributed by atoms with E-state index in [1.54, 1.807) is 0 Å². The number of aliphatic hydroxyl groups excluding tert-OH is 2. The highest BCUT2D eigenvalue weighted by molar-refractivity contribution is 7.47. The van der Waals surface area contributed by atoms with Crippen molar-refractivity contribution in [2.75, 3.05) is 39.6 Å². The van der Waals surface area contributed by atoms with E-state index in [1.807, 2.05) is 0 Å². The summed E-state index contributed by atoms with van der Waals surface area (Å²) in [5.74, 6) is -1.62. The van der Waals surface area contributed by atoms with Crippen molar-refractivity contribution < 1.29 is 75.8 Å². The van der Waals surface area contributed by atoms with Crippen LogP contribution in [0.25, 0.3) is 0 Å². The van der Waals surface area contributed by atoms with Crippen molar-refractivity contribution in [2.45, 2.75) is 360 Å². The van der Waals surface area contributed by atoms with Crippen molar-refractivity contribution in [1.29, 1.82) is 0 Å². The smallest absolute Gasteiger partial charge is 0.463 e. The van der Waals surface area contributed by atoms with Crippen LogP contribution in [0.1, 0.15) is 342 Å². The number of phosphoric ester groups is 2. The monoisotopic (exact) mass is 1620 g/mol. The van der Waals surface area contributed by atoms with Crippen LogP contribution >= 0.6 is 15.6 Å². The summed E-state index contributed by atoms with van der Waals surface area (Å²) in [5.41, 5.74) is 0. The number of hydrogen-bond acceptors (Lipinski definition) is 14. The molecule has 18 heteroatoms. The zero-order chi connectivity index (χ0) is 82.2. The molecule has 113 heavy (non-hydrogen) atoms. The molecule has 0 aliphatic rings. The van der Waals surface area contributed by atoms with E-state index in [2.05, 4.69) is 203 Å². The third kappa shape index (κ3) is 87.3. The van der Waals surface area contributed by atoms with E-state index in [1.165, 1.54) is 103 Å². The first-order valence-corrected chi connectivity index (χ1v) is 47.1. The summed E-state index contributed by atoms with van der Waals surface area (Å²) in [4.78, 5) is 58.8. The number of ether oxygens (including phenoxy) is 3. The van der Waals surface area contributed by atoms with E-state index in [0.717, 1.165) is 180 Å². The SMILES string of the molecule is CC/C=C\C/C=C\C/C=C\C/C=C\C/C=C\C/C=C\CCCCCCCCC(=O)OCC(COP(=O)(O)OCC(O)COP(=O)(O)OCC(O)COC(=O)CCCCCCCCCCCCCCCCCCCCC/C=C\C/C=C\C/C=C\C/C=C\C/C=C\CC)OC(=O)CCCCCC/C=C\C/C=C\C/C=C\C/C=C\CC. The molecule has 5 atom stereocenters. The second-order valence-electron chi connectivity index (χ2n) is 28.9. The molecule has 0 aromatic heterocycles. The predicted molar refractivity (Wildman–Crippen MR) is 472 cm³/mol. The van der Waals surface area contributed by atoms with E-state index in [-0.39, 0.29) is 19.3 Å². The highest BCUT2D eigenvalue weighted by Crippen LogP contribution is 2.45. The van der Waals surface area contributed by atoms with Gasteiger partial charge >= 0.3 is 33.6 Å². The van der Waals surface area contributed by atoms with Crippen LogP contribution in [0.4, 0.5) is 0 Å². The minimum atomic E-state index is -4.95. The second-order valence-corrected chi connectivity index (χ2v) is 31.8. The van der Waals surface area contributed by atoms with Crippen molar-refractivity contribution >= 4 is 33.6 Å². The fraction of sp³-hybridized carbons (Fsp3) is 0.653. The molecule has 16 nitrogen and oxygen atoms in total. The topological polar surface area (TPSA) is 231 Å². The molecule has 0 fully saturated rings. The third-order valence-corrected chi connectivity index (χ3v) is 20.0. The fourth-order valence-corrected chi connectivity index (χ4v) is 13.1. The molecule has 644 valence electrons. The van der Waals surface area contributed by atoms with E-state index in [0.29, 0.717) is 19.3 Å². The van der Waals surface area contributed by atoms with Gasteiger partial charge in [0.1, 0.15) is 25.4 Å². The average Bonchev–Trinajstić information content (AvgIpc) is 0.902. The van der Waals surface area contributed by atoms with Crippen molar-refractivity contribution in [1.82, 2.24) is 0 Å². The van der Waals surface area contributed by atoms with Crippen LogP contribution in [-0.4, -0.2) is 95.9 Å². The maximum atomic E-state index is 13.0. The number of unbranched alkanes of at least 4 members (excludes halogenated alkanes) is 29. The van der Waals surface area contributed by atoms with Gasteiger partial charge in [0.15, 0.2) is 6.10 Å². The highest BCUT2D eigenvalue weighted by atomic mass is 31.2. The summed E-state index contributed by atoms with van der Waals surface area (Å²) in [5, 5.41) is 20.7. The van der Waals surface area contributed by atoms with E-state index in [9.17, 15) is 43.5 Å². The summed E-state index contributed by atoms with van der Waals surface area (Å²) >= 11 is 0. The standard InChI is InChI=1S/C95H158O16P2/c1-4-7-10-13-16-19-22-25-28-31-33-35-37-39-40-41-42-43-44-45-46-47-48-50-52-53-55-58-60-63-66-69-72-75-78-81-93(98)105-84-90(96)85-107-112(101,102)108-86-91(97)87-109-113(103,104)110-89-92(111-95(100)83-80-77-74-71-68-65-62-57-30-27-24-21-18-15-12-9-6-3)88-106-94(99)82-79-76-73-70-67-64-61-59-56-54-51-49-38-36-34-32-29-26-23-20-17-14-11-8-5-2/h7-12,16-21,25-30,33-36,39-40,49,51,56,59,62,65,90-92,96-97H,4-6,13-15,22-24,31-32,37-38,41-48,50,52-55,57-58,60-61,63-64,66-89H2,1-3H3,(H,101,102)(H,103,104)/b10-7-,11-8-,12-9-,19-16-,20-17-,21-18-,28-25-,29-26-,30-27-,35-33-,36-34-,40-39-,51-49-,59-56-,65-62-. The molecule has 0 aliphatic heterocycles. The van der Waals surface area contributed by atoms with Crippen LogP contribution in [0, 0.1) is 0 Å². The van der Waals surface area contributed by atoms with Gasteiger partial charge in [0.2, 0.25) is 0 Å². The van der Waals surface area contributed by atoms with Crippen LogP contribution in [-0.2, 0) is 55.8 Å². The van der Waals surface area contributed by atoms with Crippen molar-refractivity contribution in [2.24, 2.45) is 0 Å². The van der Waals surface area contributed by atoms with Gasteiger partial charge in [-0.25, -0.2) is 9.13 Å². The minimum absolute atomic E-state index is 0.0671. The molecule has 0 aliphatic carbocycles. The molecular weight excluding hydrogens is 1460 g/mol. The molecular formula is C95H158O16P2. The Morgan fingerprint density at radius 2 is 0.442 bits per heavy atom. The van der Waals surface area contributed by atoms with E-state index < -0.39 is 91.5 Å². The molecule has 0 saturated heterocycles. The van der Waals surface area contributed by atoms with Crippen LogP contribution in [0.5, 0.6) is 0 Å². The van der Waals surface area contributed by atoms with Gasteiger partial charge in [0.05, 0.1) is 26.4 Å². The van der Waals surface area contributed by atoms with Gasteiger partial charge in [0.25, 0.3) is 0 Å². The summed E-state index contributed by atoms with van der Waals surface area (Å²) in [6, 6.07) is 0. The Morgan fingerprint density at radius 3 is 0.699 bits per heavy atom. The molecule has 4 N–H and O–H groups in total. The first kappa shape index (κ1) is 108. The molecule has 0 bridgehead atoms. The predicted octanol–water partition coefficient (Wildman–Crippen LogP) is 26.9. The maximum Gasteiger partial charge on any atom is 0.472 e. The lowest BCUT2D eigenvalue weighted by molar-refractivity contribution is -0.161. The van der Waals surface area contributed by atoms with E-state index in [4.69, 9.17) is 32.3 Å². The Morgan fingerprint density at radius 1 is 0.248 bits per heavy atom. The third-order valence-electron chi connectivity index (χ3n) is 18.1. The number of carbonyl (C=O) groups excluding carboxylic acids is 3. The number of hydrogen-bond donors (Lipinski definition) is 4. The molecule has 0 radical (unpaired) electrons. The quantitative estimate of drug-likeness (QED) is 0.0146. The lowest BCUT2D eigenvalue weighted by Gasteiger charge is -2.21. The van der Waals surface area contributed by atoms with Crippen LogP contribution < -0.4 is 0 Å². The normalized spacial score (nSPS) is 14.7. The molecule has 0 rings (SSSR count). The molecule has 0 saturated carbocycles. The summed E-state index contributed by atoms with van der Waals surface area (Å²) in [6.07, 6.45) is 112. The average molecular weight is 1620 g/mol. The van der Waals surface area contributed by atoms with Crippen LogP contribution in [0.15, 0.2) is 182 Å². The fourth-order valence-electron chi connectivity index (χ4n) is 11.5. The molecule has 0 aromatic rings. The second kappa shape index (κ2) is 86.0. The Hall–Kier alpha value is -5.35. The molecule has 0 aromatic carbocycles. The Kier molecular flexibility index (Phi) is 81.9. The van der Waals surface area contributed by atoms with Crippen LogP contribution in [0.2, 0.25) is 0 Å². The Bertz CT molecular complexity index is 2780. The van der Waals surface area contributed by atoms with Gasteiger partial charge < -0.3 is 34.2 Å². The van der Waals surface area contributed by atoms with Gasteiger partial charge in [-0.2, -0.15) is 0 Å². The van der Waals surface area contributed by atoms with Gasteiger partial charge in [-0.1, -0.05) is 351 Å². The highest BCUT2D eigenvalue weighted by Gasteiger charge is 2.29. The van der Waals surface area contributed by atoms with Crippen molar-refractivity contribution in [3.63, 3.8) is 0 Å². The summed E-state index contributed by atoms with van der Waals surface area (Å²) in [6.45, 7) is 2.31. The largest absolute Gasteiger partial charge is 0.472 e. The van der Waals surface area contributed by atoms with Gasteiger partial charge in [-0.15, -0.1) is 0 Å². The molecule has 0 heterocycles. The van der Waals surface area contributed by atoms with Crippen molar-refractivity contribution in [3.8, 4) is 0 Å². The van der Waals surface area contributed by atoms with Gasteiger partial charge in [0, 0.05) is 19.3 Å². The Labute approximate surface area is 687 Å². The van der Waals surface area contributed by atoms with Gasteiger partial charge in [-0.3, -0.25) is 32.5 Å². The van der Waals surface area contributed by atoms with Crippen molar-refractivity contribution in [3.05, 3.63) is 182 Å². The van der Waals surface area contributed by atoms with Gasteiger partial charge in [-0.05, 0) is 154 Å². The first-order valence-electron chi connectivity index (χ1n) is 44.1. The minimum Gasteiger partial charge on any atom is -0.463 e. The molecule has 0 amide bonds. The summed E-state index contributed by atoms with van der Waals surface area (Å²) < 4.78 is 61.3. The number of rotatable bonds is 82. The summed E-state index contributed by atoms with van der Waals surface area (Å²) in [7, 11) is -9.82. The van der Waals surface area contributed by atoms with E-state index >= 15 is 0 Å². The number of carbonyl (C=O) groups is 3. The number of esters is 3. The Balaban J connectivity index is 4.50. The zero-order valence-corrected chi connectivity index (χ0v) is 72.5. The lowest BCUT2D eigenvalue weighted by atomic mass is 10.0. The zero-order valence-electron chi connectivity index (χ0n) is 70.7. The van der Waals surface area contributed by atoms with Crippen LogP contribution in [0.3, 0.4) is 0 Å². The molecule has 5 unspecified atom stereocenters. The lowest BCUT2D eigenvalue weighted by Crippen LogP contribution is -2.30. The number of allylic oxidation sites excluding steroid dienone is 30.